The van der Waals surface area contributed by atoms with Crippen molar-refractivity contribution >= 4 is 5.91 Å². The summed E-state index contributed by atoms with van der Waals surface area (Å²) in [6.07, 6.45) is 4.92. The molecular formula is C23H21N5O3. The molecule has 3 aromatic heterocycles. The number of hydrogen-bond donors (Lipinski definition) is 2. The summed E-state index contributed by atoms with van der Waals surface area (Å²) in [5.41, 5.74) is 2.37. The zero-order valence-electron chi connectivity index (χ0n) is 16.9. The molecule has 0 saturated carbocycles. The van der Waals surface area contributed by atoms with Gasteiger partial charge in [-0.15, -0.1) is 0 Å². The van der Waals surface area contributed by atoms with Crippen LogP contribution >= 0.6 is 0 Å². The van der Waals surface area contributed by atoms with Crippen LogP contribution in [0.15, 0.2) is 78.0 Å². The number of benzene rings is 1. The molecule has 0 spiro atoms. The molecular weight excluding hydrogens is 394 g/mol. The van der Waals surface area contributed by atoms with Crippen molar-refractivity contribution in [2.24, 2.45) is 0 Å². The monoisotopic (exact) mass is 415 g/mol. The van der Waals surface area contributed by atoms with Gasteiger partial charge < -0.3 is 15.0 Å². The van der Waals surface area contributed by atoms with Gasteiger partial charge in [0.25, 0.3) is 11.5 Å². The van der Waals surface area contributed by atoms with E-state index >= 15 is 0 Å². The first kappa shape index (κ1) is 20.1. The van der Waals surface area contributed by atoms with E-state index in [1.807, 2.05) is 36.4 Å². The summed E-state index contributed by atoms with van der Waals surface area (Å²) >= 11 is 0. The number of rotatable bonds is 7. The molecule has 0 unspecified atom stereocenters. The largest absolute Gasteiger partial charge is 0.489 e. The fraction of sp³-hybridized carbons (Fsp3) is 0.130. The number of nitrogens with one attached hydrogen (secondary N) is 2. The van der Waals surface area contributed by atoms with Crippen molar-refractivity contribution in [3.05, 3.63) is 106 Å². The van der Waals surface area contributed by atoms with E-state index in [1.165, 1.54) is 10.6 Å². The van der Waals surface area contributed by atoms with Gasteiger partial charge in [0.05, 0.1) is 0 Å². The number of pyridine rings is 2. The van der Waals surface area contributed by atoms with Crippen LogP contribution < -0.4 is 15.6 Å². The first-order valence-electron chi connectivity index (χ1n) is 9.73. The highest BCUT2D eigenvalue weighted by Gasteiger charge is 2.16. The summed E-state index contributed by atoms with van der Waals surface area (Å²) in [5, 5.41) is 2.81. The minimum Gasteiger partial charge on any atom is -0.489 e. The van der Waals surface area contributed by atoms with Crippen molar-refractivity contribution in [1.29, 1.82) is 0 Å². The van der Waals surface area contributed by atoms with Crippen LogP contribution in [0.5, 0.6) is 5.75 Å². The number of imidazole rings is 1. The molecule has 0 aliphatic rings. The lowest BCUT2D eigenvalue weighted by molar-refractivity contribution is 0.0945. The van der Waals surface area contributed by atoms with Crippen LogP contribution in [-0.2, 0) is 13.2 Å². The fourth-order valence-electron chi connectivity index (χ4n) is 3.02. The standard InChI is InChI=1S/C23H21N5O3/c1-16-21(22(30)25-14-18-8-5-10-24-13-18)27-23(26-16)28-11-9-19(12-20(28)29)31-15-17-6-3-2-4-7-17/h2-13H,14-15H2,1H3,(H,25,30)(H,26,27). The van der Waals surface area contributed by atoms with E-state index in [-0.39, 0.29) is 23.1 Å². The molecule has 1 amide bonds. The minimum atomic E-state index is -0.334. The molecule has 0 saturated heterocycles. The molecule has 156 valence electrons. The Bertz CT molecular complexity index is 1230. The van der Waals surface area contributed by atoms with Gasteiger partial charge in [0.2, 0.25) is 5.95 Å². The van der Waals surface area contributed by atoms with Crippen molar-refractivity contribution in [2.75, 3.05) is 0 Å². The zero-order valence-corrected chi connectivity index (χ0v) is 16.9. The highest BCUT2D eigenvalue weighted by Crippen LogP contribution is 2.13. The Morgan fingerprint density at radius 2 is 1.94 bits per heavy atom. The van der Waals surface area contributed by atoms with Crippen molar-refractivity contribution in [3.8, 4) is 11.7 Å². The summed E-state index contributed by atoms with van der Waals surface area (Å²) in [4.78, 5) is 36.4. The van der Waals surface area contributed by atoms with Crippen molar-refractivity contribution in [1.82, 2.24) is 24.8 Å². The van der Waals surface area contributed by atoms with Crippen LogP contribution in [0.3, 0.4) is 0 Å². The molecule has 31 heavy (non-hydrogen) atoms. The van der Waals surface area contributed by atoms with E-state index in [4.69, 9.17) is 4.74 Å². The number of hydrogen-bond acceptors (Lipinski definition) is 5. The molecule has 0 radical (unpaired) electrons. The molecule has 3 heterocycles. The number of nitrogens with zero attached hydrogens (tertiary/aromatic N) is 3. The van der Waals surface area contributed by atoms with Gasteiger partial charge in [-0.05, 0) is 30.2 Å². The number of carbonyl (C=O) groups excluding carboxylic acids is 1. The van der Waals surface area contributed by atoms with Crippen molar-refractivity contribution < 1.29 is 9.53 Å². The Kier molecular flexibility index (Phi) is 5.89. The third-order valence-electron chi connectivity index (χ3n) is 4.63. The second-order valence-electron chi connectivity index (χ2n) is 6.92. The van der Waals surface area contributed by atoms with Crippen molar-refractivity contribution in [2.45, 2.75) is 20.1 Å². The molecule has 2 N–H and O–H groups in total. The molecule has 8 heteroatoms. The van der Waals surface area contributed by atoms with E-state index in [0.717, 1.165) is 11.1 Å². The van der Waals surface area contributed by atoms with Gasteiger partial charge in [-0.25, -0.2) is 4.98 Å². The van der Waals surface area contributed by atoms with Gasteiger partial charge in [0.15, 0.2) is 5.69 Å². The summed E-state index contributed by atoms with van der Waals surface area (Å²) < 4.78 is 7.03. The number of aryl methyl sites for hydroxylation is 1. The van der Waals surface area contributed by atoms with Crippen molar-refractivity contribution in [3.63, 3.8) is 0 Å². The van der Waals surface area contributed by atoms with Gasteiger partial charge >= 0.3 is 0 Å². The van der Waals surface area contributed by atoms with Gasteiger partial charge in [0.1, 0.15) is 12.4 Å². The first-order valence-corrected chi connectivity index (χ1v) is 9.73. The van der Waals surface area contributed by atoms with E-state index in [1.54, 1.807) is 37.6 Å². The Balaban J connectivity index is 1.46. The summed E-state index contributed by atoms with van der Waals surface area (Å²) in [5.74, 6) is 0.395. The number of aromatic amines is 1. The average molecular weight is 415 g/mol. The van der Waals surface area contributed by atoms with E-state index in [0.29, 0.717) is 24.6 Å². The molecule has 1 aromatic carbocycles. The summed E-state index contributed by atoms with van der Waals surface area (Å²) in [6.45, 7) is 2.44. The highest BCUT2D eigenvalue weighted by atomic mass is 16.5. The SMILES string of the molecule is Cc1[nH]c(-n2ccc(OCc3ccccc3)cc2=O)nc1C(=O)NCc1cccnc1. The third-order valence-corrected chi connectivity index (χ3v) is 4.63. The van der Waals surface area contributed by atoms with Gasteiger partial charge in [-0.3, -0.25) is 19.1 Å². The average Bonchev–Trinajstić information content (AvgIpc) is 3.19. The molecule has 0 aliphatic carbocycles. The van der Waals surface area contributed by atoms with E-state index < -0.39 is 0 Å². The molecule has 4 aromatic rings. The third kappa shape index (κ3) is 4.87. The lowest BCUT2D eigenvalue weighted by Gasteiger charge is -2.07. The smallest absolute Gasteiger partial charge is 0.272 e. The number of aromatic nitrogens is 4. The Morgan fingerprint density at radius 1 is 1.13 bits per heavy atom. The van der Waals surface area contributed by atoms with E-state index in [9.17, 15) is 9.59 Å². The fourth-order valence-corrected chi connectivity index (χ4v) is 3.02. The number of ether oxygens (including phenoxy) is 1. The Morgan fingerprint density at radius 3 is 2.68 bits per heavy atom. The minimum absolute atomic E-state index is 0.232. The van der Waals surface area contributed by atoms with Gasteiger partial charge in [0, 0.05) is 36.9 Å². The zero-order chi connectivity index (χ0) is 21.6. The molecule has 4 rings (SSSR count). The Labute approximate surface area is 178 Å². The Hall–Kier alpha value is -4.20. The predicted octanol–water partition coefficient (Wildman–Crippen LogP) is 2.77. The lowest BCUT2D eigenvalue weighted by atomic mass is 10.2. The molecule has 0 bridgehead atoms. The highest BCUT2D eigenvalue weighted by molar-refractivity contribution is 5.93. The molecule has 0 atom stereocenters. The lowest BCUT2D eigenvalue weighted by Crippen LogP contribution is -2.24. The maximum Gasteiger partial charge on any atom is 0.272 e. The summed E-state index contributed by atoms with van der Waals surface area (Å²) in [6, 6.07) is 16.5. The second kappa shape index (κ2) is 9.08. The number of amides is 1. The molecule has 8 nitrogen and oxygen atoms in total. The number of H-pyrrole nitrogens is 1. The number of carbonyl (C=O) groups is 1. The van der Waals surface area contributed by atoms with E-state index in [2.05, 4.69) is 20.3 Å². The van der Waals surface area contributed by atoms with Crippen LogP contribution in [-0.4, -0.2) is 25.4 Å². The first-order chi connectivity index (χ1) is 15.1. The second-order valence-corrected chi connectivity index (χ2v) is 6.92. The van der Waals surface area contributed by atoms with Crippen LogP contribution in [0.2, 0.25) is 0 Å². The predicted molar refractivity (Wildman–Crippen MR) is 115 cm³/mol. The van der Waals surface area contributed by atoms with Gasteiger partial charge in [-0.2, -0.15) is 0 Å². The molecule has 0 fully saturated rings. The quantitative estimate of drug-likeness (QED) is 0.483. The maximum absolute atomic E-state index is 12.6. The normalized spacial score (nSPS) is 10.6. The van der Waals surface area contributed by atoms with Gasteiger partial charge in [-0.1, -0.05) is 36.4 Å². The van der Waals surface area contributed by atoms with Crippen LogP contribution in [0.4, 0.5) is 0 Å². The van der Waals surface area contributed by atoms with Crippen LogP contribution in [0, 0.1) is 6.92 Å². The topological polar surface area (TPSA) is 102 Å². The van der Waals surface area contributed by atoms with Crippen LogP contribution in [0.25, 0.3) is 5.95 Å². The summed E-state index contributed by atoms with van der Waals surface area (Å²) in [7, 11) is 0. The molecule has 0 aliphatic heterocycles. The maximum atomic E-state index is 12.6. The van der Waals surface area contributed by atoms with Crippen LogP contribution in [0.1, 0.15) is 27.3 Å².